The third kappa shape index (κ3) is 4.04. The van der Waals surface area contributed by atoms with Crippen molar-refractivity contribution in [2.24, 2.45) is 0 Å². The van der Waals surface area contributed by atoms with Crippen molar-refractivity contribution in [2.45, 2.75) is 0 Å². The van der Waals surface area contributed by atoms with E-state index < -0.39 is 10.5 Å². The van der Waals surface area contributed by atoms with Crippen molar-refractivity contribution in [2.75, 3.05) is 5.32 Å². The van der Waals surface area contributed by atoms with Crippen LogP contribution in [0.5, 0.6) is 5.75 Å². The van der Waals surface area contributed by atoms with Crippen LogP contribution in [0.3, 0.4) is 0 Å². The fourth-order valence-electron chi connectivity index (χ4n) is 1.31. The van der Waals surface area contributed by atoms with E-state index in [1.807, 2.05) is 0 Å². The molecule has 0 bridgehead atoms. The maximum absolute atomic E-state index is 12.3. The van der Waals surface area contributed by atoms with Gasteiger partial charge in [0.1, 0.15) is 5.75 Å². The van der Waals surface area contributed by atoms with Gasteiger partial charge in [-0.2, -0.15) is 8.42 Å². The first-order valence-electron chi connectivity index (χ1n) is 5.03. The van der Waals surface area contributed by atoms with Crippen LogP contribution < -0.4 is 9.50 Å². The van der Waals surface area contributed by atoms with Gasteiger partial charge in [0.25, 0.3) is 5.91 Å². The van der Waals surface area contributed by atoms with E-state index in [0.717, 1.165) is 0 Å². The zero-order valence-corrected chi connectivity index (χ0v) is 11.0. The summed E-state index contributed by atoms with van der Waals surface area (Å²) in [6.45, 7) is 0. The average Bonchev–Trinajstić information content (AvgIpc) is 2.83. The number of hydrogen-bond donors (Lipinski definition) is 1. The Morgan fingerprint density at radius 2 is 1.89 bits per heavy atom. The minimum atomic E-state index is -5.03. The highest BCUT2D eigenvalue weighted by Crippen LogP contribution is 2.19. The van der Waals surface area contributed by atoms with Gasteiger partial charge in [0, 0.05) is 5.69 Å². The normalized spacial score (nSPS) is 11.0. The molecule has 100 valence electrons. The molecule has 0 unspecified atom stereocenters. The molecule has 0 atom stereocenters. The Kier molecular flexibility index (Phi) is 3.82. The van der Waals surface area contributed by atoms with Crippen LogP contribution in [0.25, 0.3) is 0 Å². The zero-order chi connectivity index (χ0) is 13.9. The SMILES string of the molecule is O=C(Nc1ccc(OS(=O)(=O)F)cc1)c1cccs1. The molecule has 0 saturated heterocycles. The summed E-state index contributed by atoms with van der Waals surface area (Å²) in [7, 11) is -5.03. The summed E-state index contributed by atoms with van der Waals surface area (Å²) in [5.41, 5.74) is 0.446. The first-order chi connectivity index (χ1) is 8.94. The number of hydrogen-bond acceptors (Lipinski definition) is 5. The lowest BCUT2D eigenvalue weighted by molar-refractivity contribution is 0.103. The fraction of sp³-hybridized carbons (Fsp3) is 0. The van der Waals surface area contributed by atoms with Gasteiger partial charge >= 0.3 is 10.5 Å². The molecule has 1 amide bonds. The molecule has 0 spiro atoms. The maximum Gasteiger partial charge on any atom is 0.488 e. The van der Waals surface area contributed by atoms with E-state index in [4.69, 9.17) is 0 Å². The third-order valence-electron chi connectivity index (χ3n) is 2.05. The number of rotatable bonds is 4. The zero-order valence-electron chi connectivity index (χ0n) is 9.37. The van der Waals surface area contributed by atoms with Crippen LogP contribution in [0.2, 0.25) is 0 Å². The molecule has 5 nitrogen and oxygen atoms in total. The van der Waals surface area contributed by atoms with Gasteiger partial charge in [0.2, 0.25) is 0 Å². The Balaban J connectivity index is 2.05. The predicted octanol–water partition coefficient (Wildman–Crippen LogP) is 2.59. The lowest BCUT2D eigenvalue weighted by Crippen LogP contribution is -2.10. The molecular weight excluding hydrogens is 293 g/mol. The number of halogens is 1. The molecule has 8 heteroatoms. The number of carbonyl (C=O) groups excluding carboxylic acids is 1. The number of carbonyl (C=O) groups is 1. The molecule has 1 aromatic heterocycles. The second-order valence-corrected chi connectivity index (χ2v) is 5.33. The van der Waals surface area contributed by atoms with Crippen LogP contribution in [0.4, 0.5) is 9.57 Å². The van der Waals surface area contributed by atoms with E-state index >= 15 is 0 Å². The quantitative estimate of drug-likeness (QED) is 0.881. The van der Waals surface area contributed by atoms with E-state index in [0.29, 0.717) is 10.6 Å². The molecule has 0 saturated carbocycles. The number of anilines is 1. The number of benzene rings is 1. The van der Waals surface area contributed by atoms with E-state index in [1.54, 1.807) is 17.5 Å². The Morgan fingerprint density at radius 1 is 1.21 bits per heavy atom. The summed E-state index contributed by atoms with van der Waals surface area (Å²) in [6, 6.07) is 8.72. The molecule has 0 aliphatic rings. The highest BCUT2D eigenvalue weighted by Gasteiger charge is 2.10. The van der Waals surface area contributed by atoms with Gasteiger partial charge in [0.15, 0.2) is 0 Å². The van der Waals surface area contributed by atoms with Crippen molar-refractivity contribution in [3.63, 3.8) is 0 Å². The molecule has 1 aromatic carbocycles. The van der Waals surface area contributed by atoms with Crippen molar-refractivity contribution in [1.82, 2.24) is 0 Å². The van der Waals surface area contributed by atoms with Crippen molar-refractivity contribution < 1.29 is 21.3 Å². The van der Waals surface area contributed by atoms with Gasteiger partial charge in [-0.1, -0.05) is 9.95 Å². The number of amides is 1. The molecule has 2 aromatic rings. The standard InChI is InChI=1S/C11H8FNO4S2/c12-19(15,16)17-9-5-3-8(4-6-9)13-11(14)10-2-1-7-18-10/h1-7H,(H,13,14). The summed E-state index contributed by atoms with van der Waals surface area (Å²) in [5.74, 6) is -0.446. The number of nitrogens with one attached hydrogen (secondary N) is 1. The van der Waals surface area contributed by atoms with Crippen LogP contribution in [0.15, 0.2) is 41.8 Å². The van der Waals surface area contributed by atoms with Gasteiger partial charge in [-0.3, -0.25) is 4.79 Å². The molecule has 0 aliphatic carbocycles. The lowest BCUT2D eigenvalue weighted by Gasteiger charge is -2.04. The average molecular weight is 301 g/mol. The van der Waals surface area contributed by atoms with E-state index in [9.17, 15) is 17.1 Å². The topological polar surface area (TPSA) is 72.5 Å². The molecule has 19 heavy (non-hydrogen) atoms. The molecule has 1 heterocycles. The van der Waals surface area contributed by atoms with Crippen LogP contribution in [-0.2, 0) is 10.5 Å². The van der Waals surface area contributed by atoms with Gasteiger partial charge in [-0.25, -0.2) is 0 Å². The fourth-order valence-corrected chi connectivity index (χ4v) is 2.27. The second-order valence-electron chi connectivity index (χ2n) is 3.43. The lowest BCUT2D eigenvalue weighted by atomic mass is 10.3. The summed E-state index contributed by atoms with van der Waals surface area (Å²) in [5, 5.41) is 4.38. The van der Waals surface area contributed by atoms with Crippen LogP contribution in [0, 0.1) is 0 Å². The first-order valence-corrected chi connectivity index (χ1v) is 7.22. The summed E-state index contributed by atoms with van der Waals surface area (Å²) in [6.07, 6.45) is 0. The first kappa shape index (κ1) is 13.5. The van der Waals surface area contributed by atoms with Crippen molar-refractivity contribution in [3.8, 4) is 5.75 Å². The molecule has 0 aliphatic heterocycles. The van der Waals surface area contributed by atoms with Gasteiger partial charge in [0.05, 0.1) is 4.88 Å². The van der Waals surface area contributed by atoms with Crippen LogP contribution in [-0.4, -0.2) is 14.3 Å². The Labute approximate surface area is 113 Å². The van der Waals surface area contributed by atoms with E-state index in [2.05, 4.69) is 9.50 Å². The number of thiophene rings is 1. The Hall–Kier alpha value is -1.93. The maximum atomic E-state index is 12.3. The largest absolute Gasteiger partial charge is 0.488 e. The van der Waals surface area contributed by atoms with Crippen molar-refractivity contribution in [1.29, 1.82) is 0 Å². The van der Waals surface area contributed by atoms with Crippen LogP contribution in [0.1, 0.15) is 9.67 Å². The van der Waals surface area contributed by atoms with Crippen molar-refractivity contribution in [3.05, 3.63) is 46.7 Å². The predicted molar refractivity (Wildman–Crippen MR) is 69.4 cm³/mol. The molecule has 0 radical (unpaired) electrons. The van der Waals surface area contributed by atoms with Gasteiger partial charge < -0.3 is 9.50 Å². The minimum Gasteiger partial charge on any atom is -0.358 e. The third-order valence-corrected chi connectivity index (χ3v) is 3.31. The Bertz CT molecular complexity index is 665. The highest BCUT2D eigenvalue weighted by molar-refractivity contribution is 7.81. The van der Waals surface area contributed by atoms with Gasteiger partial charge in [-0.05, 0) is 35.7 Å². The van der Waals surface area contributed by atoms with E-state index in [-0.39, 0.29) is 11.7 Å². The monoisotopic (exact) mass is 301 g/mol. The van der Waals surface area contributed by atoms with Crippen molar-refractivity contribution >= 4 is 33.4 Å². The highest BCUT2D eigenvalue weighted by atomic mass is 32.3. The van der Waals surface area contributed by atoms with Gasteiger partial charge in [-0.15, -0.1) is 11.3 Å². The molecule has 0 fully saturated rings. The molecule has 2 rings (SSSR count). The summed E-state index contributed by atoms with van der Waals surface area (Å²) >= 11 is 1.30. The second kappa shape index (κ2) is 5.37. The minimum absolute atomic E-state index is 0.170. The summed E-state index contributed by atoms with van der Waals surface area (Å²) < 4.78 is 36.8. The molecule has 1 N–H and O–H groups in total. The smallest absolute Gasteiger partial charge is 0.358 e. The summed E-state index contributed by atoms with van der Waals surface area (Å²) in [4.78, 5) is 12.2. The molecular formula is C11H8FNO4S2. The Morgan fingerprint density at radius 3 is 2.42 bits per heavy atom. The van der Waals surface area contributed by atoms with E-state index in [1.165, 1.54) is 35.6 Å². The van der Waals surface area contributed by atoms with Crippen LogP contribution >= 0.6 is 11.3 Å².